The molecule has 8 nitrogen and oxygen atoms in total. The number of hydrogen-bond acceptors (Lipinski definition) is 5. The van der Waals surface area contributed by atoms with Gasteiger partial charge in [0.15, 0.2) is 5.69 Å². The highest BCUT2D eigenvalue weighted by Crippen LogP contribution is 2.33. The summed E-state index contributed by atoms with van der Waals surface area (Å²) in [4.78, 5) is 23.2. The van der Waals surface area contributed by atoms with Gasteiger partial charge in [-0.1, -0.05) is 24.5 Å². The molecule has 1 amide bonds. The Morgan fingerprint density at radius 3 is 2.73 bits per heavy atom. The molecule has 1 aromatic rings. The van der Waals surface area contributed by atoms with Gasteiger partial charge in [0.05, 0.1) is 12.3 Å². The smallest absolute Gasteiger partial charge is 0.358 e. The maximum atomic E-state index is 11.9. The summed E-state index contributed by atoms with van der Waals surface area (Å²) >= 11 is 0. The van der Waals surface area contributed by atoms with Crippen molar-refractivity contribution in [3.63, 3.8) is 0 Å². The van der Waals surface area contributed by atoms with Crippen LogP contribution in [-0.4, -0.2) is 52.2 Å². The summed E-state index contributed by atoms with van der Waals surface area (Å²) in [5, 5.41) is 19.6. The summed E-state index contributed by atoms with van der Waals surface area (Å²) in [7, 11) is 1.56. The molecule has 8 heteroatoms. The second-order valence-corrected chi connectivity index (χ2v) is 5.46. The van der Waals surface area contributed by atoms with Gasteiger partial charge >= 0.3 is 5.97 Å². The number of carbonyl (C=O) groups excluding carboxylic acids is 1. The summed E-state index contributed by atoms with van der Waals surface area (Å²) in [5.74, 6) is -1.20. The van der Waals surface area contributed by atoms with E-state index in [1.807, 2.05) is 0 Å². The topological polar surface area (TPSA) is 106 Å². The average Bonchev–Trinajstić information content (AvgIpc) is 2.92. The predicted molar refractivity (Wildman–Crippen MR) is 77.7 cm³/mol. The Labute approximate surface area is 128 Å². The molecule has 2 N–H and O–H groups in total. The van der Waals surface area contributed by atoms with Crippen LogP contribution in [0.3, 0.4) is 0 Å². The third kappa shape index (κ3) is 4.03. The molecule has 1 aliphatic carbocycles. The first-order valence-electron chi connectivity index (χ1n) is 7.55. The molecule has 1 saturated carbocycles. The van der Waals surface area contributed by atoms with Crippen LogP contribution in [0.4, 0.5) is 0 Å². The molecule has 0 spiro atoms. The van der Waals surface area contributed by atoms with Crippen molar-refractivity contribution in [1.82, 2.24) is 20.3 Å². The first kappa shape index (κ1) is 16.4. The lowest BCUT2D eigenvalue weighted by molar-refractivity contribution is -0.122. The fourth-order valence-electron chi connectivity index (χ4n) is 2.85. The maximum absolute atomic E-state index is 11.9. The second-order valence-electron chi connectivity index (χ2n) is 5.46. The fraction of sp³-hybridized carbons (Fsp3) is 0.714. The van der Waals surface area contributed by atoms with Crippen molar-refractivity contribution in [2.75, 3.05) is 20.3 Å². The summed E-state index contributed by atoms with van der Waals surface area (Å²) in [6, 6.07) is 0. The van der Waals surface area contributed by atoms with Gasteiger partial charge in [-0.3, -0.25) is 4.79 Å². The summed E-state index contributed by atoms with van der Waals surface area (Å²) in [6.45, 7) is 0.823. The lowest BCUT2D eigenvalue weighted by Crippen LogP contribution is -2.31. The van der Waals surface area contributed by atoms with Gasteiger partial charge in [-0.15, -0.1) is 5.10 Å². The summed E-state index contributed by atoms with van der Waals surface area (Å²) < 4.78 is 6.30. The first-order valence-corrected chi connectivity index (χ1v) is 7.55. The zero-order valence-corrected chi connectivity index (χ0v) is 12.7. The molecule has 1 aliphatic rings. The normalized spacial score (nSPS) is 15.7. The highest BCUT2D eigenvalue weighted by atomic mass is 16.5. The van der Waals surface area contributed by atoms with E-state index in [0.29, 0.717) is 18.8 Å². The molecule has 122 valence electrons. The van der Waals surface area contributed by atoms with E-state index in [1.165, 1.54) is 4.68 Å². The van der Waals surface area contributed by atoms with E-state index in [-0.39, 0.29) is 24.1 Å². The van der Waals surface area contributed by atoms with Gasteiger partial charge in [-0.2, -0.15) is 0 Å². The molecule has 22 heavy (non-hydrogen) atoms. The van der Waals surface area contributed by atoms with Crippen molar-refractivity contribution in [3.8, 4) is 0 Å². The third-order valence-electron chi connectivity index (χ3n) is 3.89. The quantitative estimate of drug-likeness (QED) is 0.721. The molecule has 0 bridgehead atoms. The number of rotatable bonds is 7. The fourth-order valence-corrected chi connectivity index (χ4v) is 2.85. The minimum atomic E-state index is -1.09. The highest BCUT2D eigenvalue weighted by Gasteiger charge is 2.28. The van der Waals surface area contributed by atoms with Crippen molar-refractivity contribution in [2.45, 2.75) is 44.6 Å². The Morgan fingerprint density at radius 2 is 2.09 bits per heavy atom. The third-order valence-corrected chi connectivity index (χ3v) is 3.89. The molecule has 0 unspecified atom stereocenters. The molecular formula is C14H22N4O4. The van der Waals surface area contributed by atoms with E-state index < -0.39 is 5.97 Å². The Morgan fingerprint density at radius 1 is 1.36 bits per heavy atom. The molecule has 0 radical (unpaired) electrons. The lowest BCUT2D eigenvalue weighted by Gasteiger charge is -2.22. The SMILES string of the molecule is COCCNC(=O)Cn1nnc(C(=O)O)c1C1CCCCC1. The number of amides is 1. The molecule has 0 atom stereocenters. The average molecular weight is 310 g/mol. The second kappa shape index (κ2) is 7.88. The molecule has 0 aliphatic heterocycles. The lowest BCUT2D eigenvalue weighted by atomic mass is 9.86. The standard InChI is InChI=1S/C14H22N4O4/c1-22-8-7-15-11(19)9-18-13(10-5-3-2-4-6-10)12(14(20)21)16-17-18/h10H,2-9H2,1H3,(H,15,19)(H,20,21). The van der Waals surface area contributed by atoms with Crippen LogP contribution >= 0.6 is 0 Å². The van der Waals surface area contributed by atoms with Gasteiger partial charge < -0.3 is 15.2 Å². The van der Waals surface area contributed by atoms with Gasteiger partial charge in [0.1, 0.15) is 6.54 Å². The Hall–Kier alpha value is -1.96. The van der Waals surface area contributed by atoms with Crippen LogP contribution in [0.2, 0.25) is 0 Å². The van der Waals surface area contributed by atoms with E-state index in [4.69, 9.17) is 4.74 Å². The van der Waals surface area contributed by atoms with Crippen LogP contribution in [0.25, 0.3) is 0 Å². The van der Waals surface area contributed by atoms with Gasteiger partial charge in [0, 0.05) is 19.6 Å². The van der Waals surface area contributed by atoms with Gasteiger partial charge in [0.25, 0.3) is 0 Å². The summed E-state index contributed by atoms with van der Waals surface area (Å²) in [5.41, 5.74) is 0.547. The number of aromatic nitrogens is 3. The van der Waals surface area contributed by atoms with Crippen LogP contribution in [0.15, 0.2) is 0 Å². The molecule has 2 rings (SSSR count). The molecule has 0 saturated heterocycles. The molecule has 0 aromatic carbocycles. The zero-order chi connectivity index (χ0) is 15.9. The number of methoxy groups -OCH3 is 1. The zero-order valence-electron chi connectivity index (χ0n) is 12.7. The number of carboxylic acids is 1. The van der Waals surface area contributed by atoms with E-state index in [1.54, 1.807) is 7.11 Å². The molecule has 1 heterocycles. The van der Waals surface area contributed by atoms with Crippen molar-refractivity contribution in [2.24, 2.45) is 0 Å². The number of nitrogens with one attached hydrogen (secondary N) is 1. The van der Waals surface area contributed by atoms with Crippen LogP contribution < -0.4 is 5.32 Å². The number of nitrogens with zero attached hydrogens (tertiary/aromatic N) is 3. The van der Waals surface area contributed by atoms with Crippen LogP contribution in [-0.2, 0) is 16.1 Å². The van der Waals surface area contributed by atoms with Crippen LogP contribution in [0, 0.1) is 0 Å². The largest absolute Gasteiger partial charge is 0.476 e. The predicted octanol–water partition coefficient (Wildman–Crippen LogP) is 0.787. The Bertz CT molecular complexity index is 523. The molecule has 1 fully saturated rings. The Kier molecular flexibility index (Phi) is 5.88. The number of carboxylic acid groups (broad SMARTS) is 1. The number of carbonyl (C=O) groups is 2. The molecule has 1 aromatic heterocycles. The number of aromatic carboxylic acids is 1. The number of ether oxygens (including phenoxy) is 1. The van der Waals surface area contributed by atoms with Crippen molar-refractivity contribution < 1.29 is 19.4 Å². The maximum Gasteiger partial charge on any atom is 0.358 e. The van der Waals surface area contributed by atoms with Crippen molar-refractivity contribution in [3.05, 3.63) is 11.4 Å². The van der Waals surface area contributed by atoms with Gasteiger partial charge in [-0.25, -0.2) is 9.48 Å². The van der Waals surface area contributed by atoms with E-state index in [9.17, 15) is 14.7 Å². The van der Waals surface area contributed by atoms with Gasteiger partial charge in [0.2, 0.25) is 5.91 Å². The molecular weight excluding hydrogens is 288 g/mol. The highest BCUT2D eigenvalue weighted by molar-refractivity contribution is 5.87. The van der Waals surface area contributed by atoms with E-state index >= 15 is 0 Å². The van der Waals surface area contributed by atoms with Gasteiger partial charge in [-0.05, 0) is 12.8 Å². The minimum absolute atomic E-state index is 0.0180. The van der Waals surface area contributed by atoms with E-state index in [0.717, 1.165) is 32.1 Å². The van der Waals surface area contributed by atoms with Crippen LogP contribution in [0.1, 0.15) is 54.2 Å². The van der Waals surface area contributed by atoms with E-state index in [2.05, 4.69) is 15.6 Å². The van der Waals surface area contributed by atoms with Crippen molar-refractivity contribution >= 4 is 11.9 Å². The van der Waals surface area contributed by atoms with Crippen molar-refractivity contribution in [1.29, 1.82) is 0 Å². The monoisotopic (exact) mass is 310 g/mol. The van der Waals surface area contributed by atoms with Crippen LogP contribution in [0.5, 0.6) is 0 Å². The minimum Gasteiger partial charge on any atom is -0.476 e. The summed E-state index contributed by atoms with van der Waals surface area (Å²) in [6.07, 6.45) is 5.12. The first-order chi connectivity index (χ1) is 10.6. The Balaban J connectivity index is 2.12. The number of hydrogen-bond donors (Lipinski definition) is 2.